The van der Waals surface area contributed by atoms with Crippen LogP contribution in [0, 0.1) is 0 Å². The van der Waals surface area contributed by atoms with E-state index in [-0.39, 0.29) is 0 Å². The van der Waals surface area contributed by atoms with E-state index in [4.69, 9.17) is 23.2 Å². The van der Waals surface area contributed by atoms with E-state index in [1.54, 1.807) is 0 Å². The van der Waals surface area contributed by atoms with Crippen LogP contribution < -0.4 is 19.6 Å². The fraction of sp³-hybridized carbons (Fsp3) is 0.100. The van der Waals surface area contributed by atoms with E-state index >= 15 is 0 Å². The Morgan fingerprint density at radius 2 is 0.478 bits per heavy atom. The Morgan fingerprint density at radius 1 is 0.283 bits per heavy atom. The molecular weight excluding hydrogens is 607 g/mol. The molecule has 0 saturated carbocycles. The third kappa shape index (κ3) is 6.84. The molecule has 0 saturated heterocycles. The first-order valence-corrected chi connectivity index (χ1v) is 15.9. The Bertz CT molecular complexity index is 1770. The first-order valence-electron chi connectivity index (χ1n) is 15.1. The van der Waals surface area contributed by atoms with Crippen molar-refractivity contribution in [2.45, 2.75) is 0 Å². The molecule has 0 aliphatic rings. The maximum absolute atomic E-state index is 6.21. The van der Waals surface area contributed by atoms with E-state index in [1.165, 1.54) is 0 Å². The van der Waals surface area contributed by atoms with Gasteiger partial charge in [-0.2, -0.15) is 0 Å². The second-order valence-corrected chi connectivity index (χ2v) is 12.4. The predicted octanol–water partition coefficient (Wildman–Crippen LogP) is 11.7. The fourth-order valence-electron chi connectivity index (χ4n) is 5.48. The lowest BCUT2D eigenvalue weighted by molar-refractivity contribution is 1.13. The molecule has 0 heterocycles. The van der Waals surface area contributed by atoms with Crippen molar-refractivity contribution in [3.63, 3.8) is 0 Å². The summed E-state index contributed by atoms with van der Waals surface area (Å²) in [4.78, 5) is 8.72. The molecule has 0 atom stereocenters. The highest BCUT2D eigenvalue weighted by atomic mass is 35.5. The number of benzene rings is 6. The van der Waals surface area contributed by atoms with Gasteiger partial charge < -0.3 is 19.6 Å². The molecule has 6 aromatic carbocycles. The summed E-state index contributed by atoms with van der Waals surface area (Å²) in [7, 11) is 8.24. The highest BCUT2D eigenvalue weighted by Gasteiger charge is 2.15. The van der Waals surface area contributed by atoms with Crippen molar-refractivity contribution < 1.29 is 0 Å². The van der Waals surface area contributed by atoms with Gasteiger partial charge in [0.25, 0.3) is 0 Å². The van der Waals surface area contributed by atoms with Crippen molar-refractivity contribution in [1.82, 2.24) is 0 Å². The first kappa shape index (κ1) is 31.1. The molecule has 0 unspecified atom stereocenters. The Hall–Kier alpha value is -4.90. The Kier molecular flexibility index (Phi) is 9.20. The van der Waals surface area contributed by atoms with Gasteiger partial charge in [0.1, 0.15) is 0 Å². The molecule has 230 valence electrons. The number of nitrogens with zero attached hydrogens (tertiary/aromatic N) is 4. The van der Waals surface area contributed by atoms with Crippen LogP contribution in [0.4, 0.5) is 45.5 Å². The third-order valence-electron chi connectivity index (χ3n) is 8.00. The molecule has 6 heteroatoms. The number of anilines is 8. The Labute approximate surface area is 282 Å². The van der Waals surface area contributed by atoms with Crippen LogP contribution in [0.1, 0.15) is 0 Å². The molecule has 6 aromatic rings. The van der Waals surface area contributed by atoms with E-state index in [0.717, 1.165) is 56.6 Å². The molecule has 0 bridgehead atoms. The van der Waals surface area contributed by atoms with Gasteiger partial charge in [-0.25, -0.2) is 0 Å². The molecule has 0 radical (unpaired) electrons. The minimum Gasteiger partial charge on any atom is -0.378 e. The fourth-order valence-corrected chi connectivity index (χ4v) is 5.73. The minimum atomic E-state index is 0.702. The van der Waals surface area contributed by atoms with Gasteiger partial charge in [-0.3, -0.25) is 0 Å². The second kappa shape index (κ2) is 13.6. The summed E-state index contributed by atoms with van der Waals surface area (Å²) in [6.45, 7) is 0. The lowest BCUT2D eigenvalue weighted by Crippen LogP contribution is -2.12. The van der Waals surface area contributed by atoms with Crippen LogP contribution in [-0.2, 0) is 0 Å². The Morgan fingerprint density at radius 3 is 0.717 bits per heavy atom. The summed E-state index contributed by atoms with van der Waals surface area (Å²) < 4.78 is 0. The lowest BCUT2D eigenvalue weighted by atomic mass is 10.0. The lowest BCUT2D eigenvalue weighted by Gasteiger charge is -2.27. The van der Waals surface area contributed by atoms with E-state index in [0.29, 0.717) is 10.0 Å². The maximum atomic E-state index is 6.21. The van der Waals surface area contributed by atoms with Gasteiger partial charge in [0.2, 0.25) is 0 Å². The molecule has 0 aromatic heterocycles. The number of rotatable bonds is 9. The van der Waals surface area contributed by atoms with Crippen LogP contribution in [-0.4, -0.2) is 28.2 Å². The summed E-state index contributed by atoms with van der Waals surface area (Å²) in [5, 5.41) is 1.40. The largest absolute Gasteiger partial charge is 0.378 e. The normalized spacial score (nSPS) is 10.8. The second-order valence-electron chi connectivity index (χ2n) is 11.5. The monoisotopic (exact) mass is 642 g/mol. The standard InChI is InChI=1S/C40H36Cl2N4/c1-43(2)33-21-25-39(26-22-33)46(40-27-23-34(24-28-40)44(3)4)36-15-7-30(8-16-36)29-5-13-35(14-6-29)45(37-17-9-31(41)10-18-37)38-19-11-32(42)12-20-38/h5-28H,1-4H3. The smallest absolute Gasteiger partial charge is 0.0463 e. The zero-order valence-electron chi connectivity index (χ0n) is 26.4. The third-order valence-corrected chi connectivity index (χ3v) is 8.51. The molecule has 46 heavy (non-hydrogen) atoms. The summed E-state index contributed by atoms with van der Waals surface area (Å²) in [5.74, 6) is 0. The van der Waals surface area contributed by atoms with Crippen molar-refractivity contribution in [3.8, 4) is 11.1 Å². The van der Waals surface area contributed by atoms with Crippen molar-refractivity contribution in [1.29, 1.82) is 0 Å². The van der Waals surface area contributed by atoms with Gasteiger partial charge in [0, 0.05) is 83.7 Å². The van der Waals surface area contributed by atoms with E-state index in [9.17, 15) is 0 Å². The number of hydrogen-bond donors (Lipinski definition) is 0. The number of hydrogen-bond acceptors (Lipinski definition) is 4. The van der Waals surface area contributed by atoms with E-state index in [1.807, 2.05) is 48.5 Å². The highest BCUT2D eigenvalue weighted by molar-refractivity contribution is 6.31. The molecule has 0 aliphatic heterocycles. The molecule has 0 N–H and O–H groups in total. The van der Waals surface area contributed by atoms with E-state index < -0.39 is 0 Å². The van der Waals surface area contributed by atoms with Gasteiger partial charge in [-0.1, -0.05) is 47.5 Å². The van der Waals surface area contributed by atoms with Crippen molar-refractivity contribution in [2.24, 2.45) is 0 Å². The van der Waals surface area contributed by atoms with Gasteiger partial charge in [-0.15, -0.1) is 0 Å². The zero-order valence-corrected chi connectivity index (χ0v) is 27.9. The van der Waals surface area contributed by atoms with Crippen LogP contribution in [0.2, 0.25) is 10.0 Å². The molecule has 4 nitrogen and oxygen atoms in total. The van der Waals surface area contributed by atoms with Crippen molar-refractivity contribution in [3.05, 3.63) is 156 Å². The van der Waals surface area contributed by atoms with Crippen LogP contribution in [0.3, 0.4) is 0 Å². The van der Waals surface area contributed by atoms with Crippen LogP contribution in [0.15, 0.2) is 146 Å². The van der Waals surface area contributed by atoms with Gasteiger partial charge in [0.15, 0.2) is 0 Å². The van der Waals surface area contributed by atoms with Crippen molar-refractivity contribution in [2.75, 3.05) is 47.8 Å². The summed E-state index contributed by atoms with van der Waals surface area (Å²) in [6, 6.07) is 50.5. The molecule has 0 spiro atoms. The zero-order chi connectivity index (χ0) is 32.2. The average Bonchev–Trinajstić information content (AvgIpc) is 3.08. The SMILES string of the molecule is CN(C)c1ccc(N(c2ccc(-c3ccc(N(c4ccc(Cl)cc4)c4ccc(Cl)cc4)cc3)cc2)c2ccc(N(C)C)cc2)cc1. The molecule has 6 rings (SSSR count). The molecule has 0 amide bonds. The van der Waals surface area contributed by atoms with Gasteiger partial charge in [-0.05, 0) is 132 Å². The van der Waals surface area contributed by atoms with Crippen LogP contribution >= 0.6 is 23.2 Å². The van der Waals surface area contributed by atoms with Gasteiger partial charge >= 0.3 is 0 Å². The Balaban J connectivity index is 1.31. The van der Waals surface area contributed by atoms with Gasteiger partial charge in [0.05, 0.1) is 0 Å². The van der Waals surface area contributed by atoms with Crippen LogP contribution in [0.25, 0.3) is 11.1 Å². The topological polar surface area (TPSA) is 13.0 Å². The number of halogens is 2. The molecule has 0 aliphatic carbocycles. The van der Waals surface area contributed by atoms with Crippen LogP contribution in [0.5, 0.6) is 0 Å². The summed E-state index contributed by atoms with van der Waals surface area (Å²) >= 11 is 12.4. The average molecular weight is 644 g/mol. The van der Waals surface area contributed by atoms with E-state index in [2.05, 4.69) is 145 Å². The highest BCUT2D eigenvalue weighted by Crippen LogP contribution is 2.39. The molecular formula is C40H36Cl2N4. The minimum absolute atomic E-state index is 0.702. The predicted molar refractivity (Wildman–Crippen MR) is 200 cm³/mol. The quantitative estimate of drug-likeness (QED) is 0.155. The molecule has 0 fully saturated rings. The summed E-state index contributed by atoms with van der Waals surface area (Å²) in [6.07, 6.45) is 0. The maximum Gasteiger partial charge on any atom is 0.0463 e. The first-order chi connectivity index (χ1) is 22.3. The van der Waals surface area contributed by atoms with Crippen molar-refractivity contribution >= 4 is 68.7 Å². The summed E-state index contributed by atoms with van der Waals surface area (Å²) in [5.41, 5.74) is 11.0.